The number of hydrogen-bond acceptors (Lipinski definition) is 6. The fraction of sp³-hybridized carbons (Fsp3) is 0.190. The topological polar surface area (TPSA) is 127 Å². The van der Waals surface area contributed by atoms with Gasteiger partial charge in [0, 0.05) is 23.3 Å². The van der Waals surface area contributed by atoms with Crippen LogP contribution in [-0.4, -0.2) is 45.1 Å². The number of nitrogens with one attached hydrogen (secondary N) is 3. The maximum atomic E-state index is 13.2. The minimum Gasteiger partial charge on any atom is -0.352 e. The summed E-state index contributed by atoms with van der Waals surface area (Å²) in [6.45, 7) is 3.15. The lowest BCUT2D eigenvalue weighted by Crippen LogP contribution is -2.36. The number of hydroxylamine groups is 1. The predicted molar refractivity (Wildman–Crippen MR) is 135 cm³/mol. The van der Waals surface area contributed by atoms with Crippen LogP contribution in [0.25, 0.3) is 5.82 Å². The van der Waals surface area contributed by atoms with E-state index in [2.05, 4.69) is 42.1 Å². The van der Waals surface area contributed by atoms with Gasteiger partial charge in [0.15, 0.2) is 12.4 Å². The molecule has 0 spiro atoms. The number of rotatable bonds is 8. The number of carbonyl (C=O) groups is 3. The second-order valence-corrected chi connectivity index (χ2v) is 9.34. The average molecular weight is 605 g/mol. The van der Waals surface area contributed by atoms with Gasteiger partial charge in [-0.05, 0) is 54.0 Å². The summed E-state index contributed by atoms with van der Waals surface area (Å²) in [6, 6.07) is 7.23. The Balaban J connectivity index is 1.85. The Kier molecular flexibility index (Phi) is 9.09. The van der Waals surface area contributed by atoms with E-state index >= 15 is 0 Å². The molecule has 0 aliphatic rings. The van der Waals surface area contributed by atoms with E-state index in [1.165, 1.54) is 29.1 Å². The van der Waals surface area contributed by atoms with E-state index in [4.69, 9.17) is 39.6 Å². The van der Waals surface area contributed by atoms with Gasteiger partial charge in [-0.1, -0.05) is 34.8 Å². The summed E-state index contributed by atoms with van der Waals surface area (Å²) in [7, 11) is 0. The molecule has 3 rings (SSSR count). The van der Waals surface area contributed by atoms with Crippen molar-refractivity contribution in [2.45, 2.75) is 19.9 Å². The van der Waals surface area contributed by atoms with Crippen LogP contribution in [0.4, 0.5) is 5.69 Å². The Morgan fingerprint density at radius 2 is 1.86 bits per heavy atom. The zero-order chi connectivity index (χ0) is 25.7. The van der Waals surface area contributed by atoms with Crippen molar-refractivity contribution in [3.8, 4) is 5.82 Å². The van der Waals surface area contributed by atoms with Gasteiger partial charge in [0.2, 0.25) is 5.91 Å². The Labute approximate surface area is 223 Å². The van der Waals surface area contributed by atoms with Crippen LogP contribution in [0.3, 0.4) is 0 Å². The highest BCUT2D eigenvalue weighted by atomic mass is 79.9. The summed E-state index contributed by atoms with van der Waals surface area (Å²) in [5.41, 5.74) is 2.06. The molecule has 0 fully saturated rings. The summed E-state index contributed by atoms with van der Waals surface area (Å²) in [4.78, 5) is 46.8. The molecule has 0 saturated heterocycles. The SMILES string of the molecule is CC(C)NC(=O)CONC(=O)c1cc(Cl)cc(Cl)c1NC(=O)c1cc(Br)nn1-c1ncccc1Cl. The Morgan fingerprint density at radius 1 is 1.11 bits per heavy atom. The third-order valence-electron chi connectivity index (χ3n) is 4.21. The number of benzene rings is 1. The zero-order valence-corrected chi connectivity index (χ0v) is 22.1. The molecule has 35 heavy (non-hydrogen) atoms. The number of halogens is 4. The molecule has 1 aromatic carbocycles. The van der Waals surface area contributed by atoms with Crippen LogP contribution < -0.4 is 16.1 Å². The Bertz CT molecular complexity index is 1280. The molecule has 0 radical (unpaired) electrons. The normalized spacial score (nSPS) is 10.8. The first-order valence-corrected chi connectivity index (χ1v) is 11.9. The summed E-state index contributed by atoms with van der Waals surface area (Å²) in [6.07, 6.45) is 1.50. The lowest BCUT2D eigenvalue weighted by atomic mass is 10.1. The minimum atomic E-state index is -0.787. The molecular weight excluding hydrogens is 587 g/mol. The summed E-state index contributed by atoms with van der Waals surface area (Å²) < 4.78 is 1.58. The molecule has 0 aliphatic carbocycles. The van der Waals surface area contributed by atoms with Gasteiger partial charge in [0.1, 0.15) is 10.3 Å². The zero-order valence-electron chi connectivity index (χ0n) is 18.2. The molecular formula is C21H18BrCl3N6O4. The Hall–Kier alpha value is -2.70. The second kappa shape index (κ2) is 11.8. The molecule has 3 N–H and O–H groups in total. The lowest BCUT2D eigenvalue weighted by Gasteiger charge is -2.14. The molecule has 0 unspecified atom stereocenters. The summed E-state index contributed by atoms with van der Waals surface area (Å²) in [5.74, 6) is -1.66. The average Bonchev–Trinajstić information content (AvgIpc) is 3.16. The van der Waals surface area contributed by atoms with Crippen LogP contribution in [0, 0.1) is 0 Å². The first kappa shape index (κ1) is 26.9. The van der Waals surface area contributed by atoms with Crippen molar-refractivity contribution in [3.63, 3.8) is 0 Å². The van der Waals surface area contributed by atoms with Gasteiger partial charge in [0.25, 0.3) is 11.8 Å². The molecule has 0 saturated carbocycles. The van der Waals surface area contributed by atoms with Gasteiger partial charge in [-0.25, -0.2) is 15.1 Å². The van der Waals surface area contributed by atoms with E-state index in [9.17, 15) is 14.4 Å². The van der Waals surface area contributed by atoms with E-state index in [1.54, 1.807) is 26.0 Å². The summed E-state index contributed by atoms with van der Waals surface area (Å²) in [5, 5.41) is 9.82. The first-order chi connectivity index (χ1) is 16.6. The van der Waals surface area contributed by atoms with Crippen LogP contribution in [0.5, 0.6) is 0 Å². The number of carbonyl (C=O) groups excluding carboxylic acids is 3. The van der Waals surface area contributed by atoms with Crippen LogP contribution >= 0.6 is 50.7 Å². The number of hydrogen-bond donors (Lipinski definition) is 3. The number of nitrogens with zero attached hydrogens (tertiary/aromatic N) is 3. The van der Waals surface area contributed by atoms with E-state index in [-0.39, 0.29) is 43.9 Å². The molecule has 3 aromatic rings. The highest BCUT2D eigenvalue weighted by Crippen LogP contribution is 2.31. The molecule has 184 valence electrons. The molecule has 14 heteroatoms. The van der Waals surface area contributed by atoms with E-state index in [0.717, 1.165) is 0 Å². The van der Waals surface area contributed by atoms with Crippen molar-refractivity contribution in [2.24, 2.45) is 0 Å². The summed E-state index contributed by atoms with van der Waals surface area (Å²) >= 11 is 21.8. The van der Waals surface area contributed by atoms with Crippen LogP contribution in [-0.2, 0) is 9.63 Å². The second-order valence-electron chi connectivity index (χ2n) is 7.28. The number of aromatic nitrogens is 3. The maximum Gasteiger partial charge on any atom is 0.277 e. The highest BCUT2D eigenvalue weighted by molar-refractivity contribution is 9.10. The molecule has 3 amide bonds. The van der Waals surface area contributed by atoms with Gasteiger partial charge < -0.3 is 10.6 Å². The van der Waals surface area contributed by atoms with Crippen molar-refractivity contribution in [1.82, 2.24) is 25.6 Å². The molecule has 0 bridgehead atoms. The van der Waals surface area contributed by atoms with Crippen LogP contribution in [0.1, 0.15) is 34.7 Å². The fourth-order valence-electron chi connectivity index (χ4n) is 2.85. The van der Waals surface area contributed by atoms with Crippen LogP contribution in [0.15, 0.2) is 41.1 Å². The number of pyridine rings is 1. The van der Waals surface area contributed by atoms with Gasteiger partial charge in [-0.15, -0.1) is 0 Å². The van der Waals surface area contributed by atoms with E-state index in [1.807, 2.05) is 0 Å². The maximum absolute atomic E-state index is 13.2. The van der Waals surface area contributed by atoms with Gasteiger partial charge in [0.05, 0.1) is 21.3 Å². The van der Waals surface area contributed by atoms with Gasteiger partial charge >= 0.3 is 0 Å². The Morgan fingerprint density at radius 3 is 2.54 bits per heavy atom. The minimum absolute atomic E-state index is 0.00505. The quantitative estimate of drug-likeness (QED) is 0.327. The molecule has 2 heterocycles. The molecule has 10 nitrogen and oxygen atoms in total. The fourth-order valence-corrected chi connectivity index (χ4v) is 3.97. The smallest absolute Gasteiger partial charge is 0.277 e. The lowest BCUT2D eigenvalue weighted by molar-refractivity contribution is -0.127. The van der Waals surface area contributed by atoms with E-state index < -0.39 is 24.3 Å². The van der Waals surface area contributed by atoms with Crippen molar-refractivity contribution in [3.05, 3.63) is 67.5 Å². The molecule has 2 aromatic heterocycles. The molecule has 0 atom stereocenters. The molecule has 0 aliphatic heterocycles. The van der Waals surface area contributed by atoms with Crippen molar-refractivity contribution in [1.29, 1.82) is 0 Å². The van der Waals surface area contributed by atoms with Crippen LogP contribution in [0.2, 0.25) is 15.1 Å². The monoisotopic (exact) mass is 602 g/mol. The van der Waals surface area contributed by atoms with Crippen molar-refractivity contribution >= 4 is 74.1 Å². The third-order valence-corrected chi connectivity index (χ3v) is 5.41. The van der Waals surface area contributed by atoms with Gasteiger partial charge in [-0.3, -0.25) is 19.2 Å². The standard InChI is InChI=1S/C21H18BrCl3N6O4/c1-10(2)27-17(32)9-35-30-20(33)12-6-11(23)7-14(25)18(12)28-21(34)15-8-16(22)29-31(15)19-13(24)4-3-5-26-19/h3-8,10H,9H2,1-2H3,(H,27,32)(H,28,34)(H,30,33). The predicted octanol–water partition coefficient (Wildman–Crippen LogP) is 4.43. The number of anilines is 1. The van der Waals surface area contributed by atoms with Gasteiger partial charge in [-0.2, -0.15) is 5.10 Å². The number of amides is 3. The largest absolute Gasteiger partial charge is 0.352 e. The first-order valence-electron chi connectivity index (χ1n) is 9.95. The van der Waals surface area contributed by atoms with Crippen molar-refractivity contribution in [2.75, 3.05) is 11.9 Å². The van der Waals surface area contributed by atoms with E-state index in [0.29, 0.717) is 4.60 Å². The van der Waals surface area contributed by atoms with Crippen molar-refractivity contribution < 1.29 is 19.2 Å². The highest BCUT2D eigenvalue weighted by Gasteiger charge is 2.23. The third kappa shape index (κ3) is 6.92.